The van der Waals surface area contributed by atoms with Gasteiger partial charge in [-0.2, -0.15) is 9.97 Å². The van der Waals surface area contributed by atoms with Gasteiger partial charge >= 0.3 is 0 Å². The summed E-state index contributed by atoms with van der Waals surface area (Å²) in [4.78, 5) is 16.1. The predicted octanol–water partition coefficient (Wildman–Crippen LogP) is 2.63. The maximum Gasteiger partial charge on any atom is 0.226 e. The molecule has 0 fully saturated rings. The molecular formula is C13H22N6. The minimum absolute atomic E-state index is 0.362. The number of aromatic amines is 1. The van der Waals surface area contributed by atoms with Gasteiger partial charge in [0.2, 0.25) is 5.95 Å². The van der Waals surface area contributed by atoms with Crippen molar-refractivity contribution in [2.75, 3.05) is 17.7 Å². The van der Waals surface area contributed by atoms with Crippen molar-refractivity contribution in [3.05, 3.63) is 6.33 Å². The number of hydrogen-bond acceptors (Lipinski definition) is 5. The van der Waals surface area contributed by atoms with E-state index in [0.717, 1.165) is 24.2 Å². The normalized spacial score (nSPS) is 12.9. The van der Waals surface area contributed by atoms with Crippen LogP contribution in [0.2, 0.25) is 0 Å². The standard InChI is InChI=1S/C13H22N6/c1-5-9(6-2)8(3)17-12-10-11(16-7-15-10)18-13(14-4)19-12/h7-9H,5-6H2,1-4H3,(H3,14,15,16,17,18,19). The summed E-state index contributed by atoms with van der Waals surface area (Å²) in [5.41, 5.74) is 1.54. The van der Waals surface area contributed by atoms with Gasteiger partial charge in [0.1, 0.15) is 5.52 Å². The van der Waals surface area contributed by atoms with Gasteiger partial charge < -0.3 is 15.6 Å². The second-order valence-corrected chi connectivity index (χ2v) is 4.76. The molecule has 2 aromatic rings. The number of rotatable bonds is 6. The molecule has 0 aliphatic carbocycles. The van der Waals surface area contributed by atoms with Crippen LogP contribution in [0.5, 0.6) is 0 Å². The molecule has 0 radical (unpaired) electrons. The average molecular weight is 262 g/mol. The molecule has 0 saturated carbocycles. The van der Waals surface area contributed by atoms with E-state index >= 15 is 0 Å². The average Bonchev–Trinajstić information content (AvgIpc) is 2.88. The molecule has 3 N–H and O–H groups in total. The Balaban J connectivity index is 2.30. The minimum atomic E-state index is 0.362. The van der Waals surface area contributed by atoms with E-state index in [1.807, 2.05) is 7.05 Å². The van der Waals surface area contributed by atoms with E-state index in [1.165, 1.54) is 0 Å². The van der Waals surface area contributed by atoms with Crippen LogP contribution < -0.4 is 10.6 Å². The minimum Gasteiger partial charge on any atom is -0.365 e. The Morgan fingerprint density at radius 2 is 2.00 bits per heavy atom. The third-order valence-corrected chi connectivity index (χ3v) is 3.63. The lowest BCUT2D eigenvalue weighted by Gasteiger charge is -2.23. The Hall–Kier alpha value is -1.85. The SMILES string of the molecule is CCC(CC)C(C)Nc1nc(NC)nc2nc[nH]c12. The molecule has 1 unspecified atom stereocenters. The first-order valence-electron chi connectivity index (χ1n) is 6.84. The van der Waals surface area contributed by atoms with Crippen LogP contribution in [0.25, 0.3) is 11.2 Å². The zero-order valence-electron chi connectivity index (χ0n) is 12.0. The highest BCUT2D eigenvalue weighted by molar-refractivity contribution is 5.83. The van der Waals surface area contributed by atoms with Crippen LogP contribution in [-0.4, -0.2) is 33.0 Å². The van der Waals surface area contributed by atoms with Gasteiger partial charge in [0.05, 0.1) is 6.33 Å². The molecule has 0 aromatic carbocycles. The topological polar surface area (TPSA) is 78.5 Å². The number of aromatic nitrogens is 4. The Kier molecular flexibility index (Phi) is 4.19. The molecule has 0 bridgehead atoms. The van der Waals surface area contributed by atoms with Crippen molar-refractivity contribution in [3.8, 4) is 0 Å². The molecule has 2 aromatic heterocycles. The largest absolute Gasteiger partial charge is 0.365 e. The molecule has 0 aliphatic heterocycles. The lowest BCUT2D eigenvalue weighted by Crippen LogP contribution is -2.25. The van der Waals surface area contributed by atoms with Crippen molar-refractivity contribution in [2.24, 2.45) is 5.92 Å². The summed E-state index contributed by atoms with van der Waals surface area (Å²) in [5.74, 6) is 2.02. The van der Waals surface area contributed by atoms with Crippen molar-refractivity contribution in [1.29, 1.82) is 0 Å². The lowest BCUT2D eigenvalue weighted by atomic mass is 9.95. The second kappa shape index (κ2) is 5.86. The van der Waals surface area contributed by atoms with Crippen LogP contribution >= 0.6 is 0 Å². The van der Waals surface area contributed by atoms with Gasteiger partial charge in [-0.3, -0.25) is 0 Å². The Morgan fingerprint density at radius 3 is 2.63 bits per heavy atom. The van der Waals surface area contributed by atoms with Crippen LogP contribution in [0.1, 0.15) is 33.6 Å². The second-order valence-electron chi connectivity index (χ2n) is 4.76. The van der Waals surface area contributed by atoms with Crippen LogP contribution in [0.3, 0.4) is 0 Å². The van der Waals surface area contributed by atoms with Crippen molar-refractivity contribution >= 4 is 22.9 Å². The van der Waals surface area contributed by atoms with E-state index in [4.69, 9.17) is 0 Å². The summed E-state index contributed by atoms with van der Waals surface area (Å²) in [5, 5.41) is 6.45. The summed E-state index contributed by atoms with van der Waals surface area (Å²) in [6.07, 6.45) is 3.95. The fourth-order valence-electron chi connectivity index (χ4n) is 2.38. The summed E-state index contributed by atoms with van der Waals surface area (Å²) in [7, 11) is 1.81. The molecule has 19 heavy (non-hydrogen) atoms. The molecule has 0 spiro atoms. The molecule has 104 valence electrons. The van der Waals surface area contributed by atoms with Gasteiger partial charge in [-0.15, -0.1) is 0 Å². The van der Waals surface area contributed by atoms with Gasteiger partial charge in [-0.25, -0.2) is 4.98 Å². The highest BCUT2D eigenvalue weighted by Crippen LogP contribution is 2.22. The fourth-order valence-corrected chi connectivity index (χ4v) is 2.38. The van der Waals surface area contributed by atoms with Crippen LogP contribution in [0, 0.1) is 5.92 Å². The third-order valence-electron chi connectivity index (χ3n) is 3.63. The molecular weight excluding hydrogens is 240 g/mol. The van der Waals surface area contributed by atoms with Gasteiger partial charge in [0.25, 0.3) is 0 Å². The molecule has 0 amide bonds. The first-order chi connectivity index (χ1) is 9.19. The molecule has 6 nitrogen and oxygen atoms in total. The van der Waals surface area contributed by atoms with E-state index in [1.54, 1.807) is 6.33 Å². The summed E-state index contributed by atoms with van der Waals surface area (Å²) >= 11 is 0. The highest BCUT2D eigenvalue weighted by atomic mass is 15.2. The Morgan fingerprint density at radius 1 is 1.26 bits per heavy atom. The molecule has 2 rings (SSSR count). The number of anilines is 2. The van der Waals surface area contributed by atoms with E-state index in [-0.39, 0.29) is 0 Å². The van der Waals surface area contributed by atoms with Crippen LogP contribution in [0.4, 0.5) is 11.8 Å². The predicted molar refractivity (Wildman–Crippen MR) is 78.4 cm³/mol. The van der Waals surface area contributed by atoms with Gasteiger partial charge in [-0.1, -0.05) is 26.7 Å². The monoisotopic (exact) mass is 262 g/mol. The summed E-state index contributed by atoms with van der Waals surface area (Å²) in [6.45, 7) is 6.63. The Bertz CT molecular complexity index is 531. The number of imidazole rings is 1. The van der Waals surface area contributed by atoms with E-state index < -0.39 is 0 Å². The maximum atomic E-state index is 4.48. The zero-order chi connectivity index (χ0) is 13.8. The summed E-state index contributed by atoms with van der Waals surface area (Å²) in [6, 6.07) is 0.362. The first kappa shape index (κ1) is 13.6. The van der Waals surface area contributed by atoms with Crippen LogP contribution in [-0.2, 0) is 0 Å². The van der Waals surface area contributed by atoms with E-state index in [0.29, 0.717) is 23.6 Å². The molecule has 1 atom stereocenters. The molecule has 2 heterocycles. The summed E-state index contributed by atoms with van der Waals surface area (Å²) < 4.78 is 0. The van der Waals surface area contributed by atoms with Crippen molar-refractivity contribution < 1.29 is 0 Å². The zero-order valence-corrected chi connectivity index (χ0v) is 12.0. The highest BCUT2D eigenvalue weighted by Gasteiger charge is 2.16. The number of nitrogens with zero attached hydrogens (tertiary/aromatic N) is 3. The van der Waals surface area contributed by atoms with Gasteiger partial charge in [0.15, 0.2) is 11.5 Å². The first-order valence-corrected chi connectivity index (χ1v) is 6.84. The third kappa shape index (κ3) is 2.77. The number of fused-ring (bicyclic) bond motifs is 1. The fraction of sp³-hybridized carbons (Fsp3) is 0.615. The van der Waals surface area contributed by atoms with Gasteiger partial charge in [-0.05, 0) is 12.8 Å². The lowest BCUT2D eigenvalue weighted by molar-refractivity contribution is 0.437. The van der Waals surface area contributed by atoms with Crippen molar-refractivity contribution in [2.45, 2.75) is 39.7 Å². The Labute approximate surface area is 113 Å². The molecule has 0 aliphatic rings. The maximum absolute atomic E-state index is 4.48. The molecule has 0 saturated heterocycles. The van der Waals surface area contributed by atoms with E-state index in [2.05, 4.69) is 51.3 Å². The number of H-pyrrole nitrogens is 1. The van der Waals surface area contributed by atoms with Crippen molar-refractivity contribution in [1.82, 2.24) is 19.9 Å². The smallest absolute Gasteiger partial charge is 0.226 e. The molecule has 6 heteroatoms. The van der Waals surface area contributed by atoms with Crippen LogP contribution in [0.15, 0.2) is 6.33 Å². The van der Waals surface area contributed by atoms with Crippen molar-refractivity contribution in [3.63, 3.8) is 0 Å². The number of hydrogen-bond donors (Lipinski definition) is 3. The van der Waals surface area contributed by atoms with Gasteiger partial charge in [0, 0.05) is 13.1 Å². The number of nitrogens with one attached hydrogen (secondary N) is 3. The quantitative estimate of drug-likeness (QED) is 0.746. The van der Waals surface area contributed by atoms with E-state index in [9.17, 15) is 0 Å².